The molecule has 0 radical (unpaired) electrons. The van der Waals surface area contributed by atoms with Gasteiger partial charge in [0.25, 0.3) is 0 Å². The molecule has 2 nitrogen and oxygen atoms in total. The van der Waals surface area contributed by atoms with Crippen molar-refractivity contribution in [2.24, 2.45) is 0 Å². The Labute approximate surface area is 67.8 Å². The molecule has 0 unspecified atom stereocenters. The van der Waals surface area contributed by atoms with Gasteiger partial charge in [-0.2, -0.15) is 6.42 Å². The van der Waals surface area contributed by atoms with Gasteiger partial charge in [-0.3, -0.25) is 6.29 Å². The molecule has 0 rings (SSSR count). The van der Waals surface area contributed by atoms with E-state index in [1.165, 1.54) is 6.92 Å². The number of unbranched alkanes of at least 4 members (excludes halogenated alkanes) is 1. The van der Waals surface area contributed by atoms with Crippen LogP contribution in [0, 0.1) is 0 Å². The molecule has 48 valence electrons. The normalized spacial score (nSPS) is 7.67. The third-order valence-electron chi connectivity index (χ3n) is 0.808. The summed E-state index contributed by atoms with van der Waals surface area (Å²) in [4.78, 5) is 19.7. The van der Waals surface area contributed by atoms with Crippen LogP contribution in [0.2, 0.25) is 0 Å². The average Bonchev–Trinajstić information content (AvgIpc) is 1.66. The number of Topliss-reactive ketones (excluding diaryl/α,β-unsaturated/α-hetero) is 1. The van der Waals surface area contributed by atoms with Gasteiger partial charge in [0.1, 0.15) is 5.78 Å². The minimum atomic E-state index is 0. The van der Waals surface area contributed by atoms with E-state index in [1.807, 2.05) is 0 Å². The molecule has 0 aromatic carbocycles. The van der Waals surface area contributed by atoms with Crippen molar-refractivity contribution >= 4 is 12.1 Å². The zero-order valence-electron chi connectivity index (χ0n) is 5.64. The molecule has 3 heteroatoms. The molecule has 0 aromatic rings. The monoisotopic (exact) mass is 177 g/mol. The quantitative estimate of drug-likeness (QED) is 0.363. The number of rotatable bonds is 4. The third kappa shape index (κ3) is 11.5. The van der Waals surface area contributed by atoms with Crippen molar-refractivity contribution in [1.82, 2.24) is 0 Å². The Morgan fingerprint density at radius 1 is 1.56 bits per heavy atom. The molecule has 0 aromatic heterocycles. The van der Waals surface area contributed by atoms with Crippen LogP contribution in [0.15, 0.2) is 0 Å². The fourth-order valence-corrected chi connectivity index (χ4v) is 0.410. The first kappa shape index (κ1) is 11.7. The summed E-state index contributed by atoms with van der Waals surface area (Å²) in [5, 5.41) is 0. The molecule has 0 N–H and O–H groups in total. The van der Waals surface area contributed by atoms with E-state index in [9.17, 15) is 9.59 Å². The van der Waals surface area contributed by atoms with Crippen LogP contribution >= 0.6 is 0 Å². The first-order valence-electron chi connectivity index (χ1n) is 2.62. The molecule has 0 bridgehead atoms. The van der Waals surface area contributed by atoms with Crippen LogP contribution in [0.5, 0.6) is 0 Å². The summed E-state index contributed by atoms with van der Waals surface area (Å²) in [5.74, 6) is 0.139. The van der Waals surface area contributed by atoms with Crippen LogP contribution in [0.3, 0.4) is 0 Å². The van der Waals surface area contributed by atoms with Gasteiger partial charge in [-0.25, -0.2) is 0 Å². The van der Waals surface area contributed by atoms with Crippen molar-refractivity contribution in [2.75, 3.05) is 0 Å². The maximum absolute atomic E-state index is 10.2. The molecule has 0 saturated carbocycles. The zero-order valence-corrected chi connectivity index (χ0v) is 8.61. The van der Waals surface area contributed by atoms with Crippen molar-refractivity contribution in [3.8, 4) is 0 Å². The summed E-state index contributed by atoms with van der Waals surface area (Å²) < 4.78 is 0. The number of hydrogen-bond donors (Lipinski definition) is 0. The molecule has 0 atom stereocenters. The van der Waals surface area contributed by atoms with Gasteiger partial charge in [-0.15, -0.1) is 0 Å². The second kappa shape index (κ2) is 7.96. The summed E-state index contributed by atoms with van der Waals surface area (Å²) >= 11 is 0. The Kier molecular flexibility index (Phi) is 10.4. The van der Waals surface area contributed by atoms with Crippen molar-refractivity contribution in [1.29, 1.82) is 0 Å². The first-order chi connectivity index (χ1) is 3.77. The van der Waals surface area contributed by atoms with Gasteiger partial charge >= 0.3 is 0 Å². The Hall–Kier alpha value is -0.0366. The average molecular weight is 179 g/mol. The molecule has 0 spiro atoms. The maximum Gasteiger partial charge on any atom is 0.129 e. The molecule has 0 heterocycles. The van der Waals surface area contributed by atoms with Gasteiger partial charge in [0.15, 0.2) is 0 Å². The van der Waals surface area contributed by atoms with Crippen LogP contribution in [0.25, 0.3) is 0 Å². The summed E-state index contributed by atoms with van der Waals surface area (Å²) in [5.41, 5.74) is 0. The molecule has 0 fully saturated rings. The minimum Gasteiger partial charge on any atom is -0.542 e. The molecule has 0 amide bonds. The number of carbonyl (C=O) groups is 1. The summed E-state index contributed by atoms with van der Waals surface area (Å²) in [6.07, 6.45) is 3.27. The van der Waals surface area contributed by atoms with E-state index in [-0.39, 0.29) is 25.3 Å². The van der Waals surface area contributed by atoms with E-state index in [1.54, 1.807) is 6.29 Å². The van der Waals surface area contributed by atoms with Crippen LogP contribution in [0.1, 0.15) is 26.2 Å². The zero-order chi connectivity index (χ0) is 6.41. The molecule has 0 aliphatic rings. The molecular weight excluding hydrogens is 169 g/mol. The van der Waals surface area contributed by atoms with E-state index < -0.39 is 0 Å². The van der Waals surface area contributed by atoms with Crippen LogP contribution < -0.4 is 0 Å². The largest absolute Gasteiger partial charge is 0.542 e. The molecule has 0 aliphatic heterocycles. The maximum atomic E-state index is 10.2. The van der Waals surface area contributed by atoms with Gasteiger partial charge in [-0.05, 0) is 6.92 Å². The van der Waals surface area contributed by atoms with Gasteiger partial charge in [0.2, 0.25) is 0 Å². The molecule has 9 heavy (non-hydrogen) atoms. The van der Waals surface area contributed by atoms with E-state index in [2.05, 4.69) is 0 Å². The molecule has 0 saturated heterocycles. The van der Waals surface area contributed by atoms with E-state index in [0.717, 1.165) is 0 Å². The Bertz CT molecular complexity index is 91.1. The van der Waals surface area contributed by atoms with Gasteiger partial charge in [-0.1, -0.05) is 6.42 Å². The van der Waals surface area contributed by atoms with Crippen molar-refractivity contribution in [3.05, 3.63) is 0 Å². The molecular formula is C6H9O2Zn-. The standard InChI is InChI=1S/C6H9O2.Zn/c1-6(8)4-2-3-5-7;/h2-4H2,1H3;/q-1;. The topological polar surface area (TPSA) is 34.1 Å². The van der Waals surface area contributed by atoms with Crippen molar-refractivity contribution in [3.63, 3.8) is 0 Å². The number of ketones is 1. The predicted octanol–water partition coefficient (Wildman–Crippen LogP) is 0.853. The fraction of sp³-hybridized carbons (Fsp3) is 0.667. The van der Waals surface area contributed by atoms with Gasteiger partial charge in [0.05, 0.1) is 0 Å². The van der Waals surface area contributed by atoms with E-state index in [4.69, 9.17) is 0 Å². The second-order valence-electron chi connectivity index (χ2n) is 1.70. The number of hydrogen-bond acceptors (Lipinski definition) is 2. The van der Waals surface area contributed by atoms with Crippen molar-refractivity contribution in [2.45, 2.75) is 26.2 Å². The predicted molar refractivity (Wildman–Crippen MR) is 30.2 cm³/mol. The second-order valence-corrected chi connectivity index (χ2v) is 1.70. The van der Waals surface area contributed by atoms with Gasteiger partial charge in [0, 0.05) is 25.9 Å². The van der Waals surface area contributed by atoms with Crippen molar-refractivity contribution < 1.29 is 29.1 Å². The Morgan fingerprint density at radius 2 is 2.11 bits per heavy atom. The smallest absolute Gasteiger partial charge is 0.129 e. The summed E-state index contributed by atoms with van der Waals surface area (Å²) in [6, 6.07) is 0. The van der Waals surface area contributed by atoms with Gasteiger partial charge < -0.3 is 9.59 Å². The Morgan fingerprint density at radius 3 is 2.44 bits per heavy atom. The summed E-state index contributed by atoms with van der Waals surface area (Å²) in [7, 11) is 0. The van der Waals surface area contributed by atoms with E-state index in [0.29, 0.717) is 19.3 Å². The third-order valence-corrected chi connectivity index (χ3v) is 0.808. The minimum absolute atomic E-state index is 0. The molecule has 0 aliphatic carbocycles. The van der Waals surface area contributed by atoms with Crippen LogP contribution in [-0.2, 0) is 29.1 Å². The van der Waals surface area contributed by atoms with Crippen LogP contribution in [0.4, 0.5) is 0 Å². The van der Waals surface area contributed by atoms with Crippen LogP contribution in [-0.4, -0.2) is 12.1 Å². The summed E-state index contributed by atoms with van der Waals surface area (Å²) in [6.45, 7) is 1.52. The fourth-order valence-electron chi connectivity index (χ4n) is 0.410. The first-order valence-corrected chi connectivity index (χ1v) is 2.62. The number of carbonyl (C=O) groups excluding carboxylic acids is 2. The SMILES string of the molecule is CC(=O)CCC[C-]=O.[Zn]. The Balaban J connectivity index is 0. The van der Waals surface area contributed by atoms with E-state index >= 15 is 0 Å².